The molecule has 2 aromatic heterocycles. The molecule has 0 saturated carbocycles. The molecule has 9 aromatic rings. The van der Waals surface area contributed by atoms with Gasteiger partial charge < -0.3 is 0 Å². The minimum atomic E-state index is -0.730. The zero-order valence-electron chi connectivity index (χ0n) is 33.0. The molecule has 4 heteroatoms. The van der Waals surface area contributed by atoms with Gasteiger partial charge in [0.25, 0.3) is 0 Å². The van der Waals surface area contributed by atoms with Crippen LogP contribution in [0.5, 0.6) is 0 Å². The normalized spacial score (nSPS) is 13.3. The second-order valence-corrected chi connectivity index (χ2v) is 13.7. The van der Waals surface area contributed by atoms with Gasteiger partial charge in [0.15, 0.2) is 0 Å². The van der Waals surface area contributed by atoms with Crippen molar-refractivity contribution >= 4 is 33.8 Å². The van der Waals surface area contributed by atoms with Crippen LogP contribution < -0.4 is 0 Å². The average Bonchev–Trinajstić information content (AvgIpc) is 3.65. The fourth-order valence-electron chi connectivity index (χ4n) is 6.00. The second-order valence-electron chi connectivity index (χ2n) is 11.5. The molecular weight excluding hydrogens is 661 g/mol. The van der Waals surface area contributed by atoms with E-state index in [1.54, 1.807) is 0 Å². The summed E-state index contributed by atoms with van der Waals surface area (Å²) >= 11 is -0.730. The van der Waals surface area contributed by atoms with Gasteiger partial charge in [-0.1, -0.05) is 36.4 Å². The van der Waals surface area contributed by atoms with Gasteiger partial charge in [0, 0.05) is 0 Å². The minimum absolute atomic E-state index is 0.134. The topological polar surface area (TPSA) is 38.7 Å². The van der Waals surface area contributed by atoms with E-state index in [-0.39, 0.29) is 58.4 Å². The summed E-state index contributed by atoms with van der Waals surface area (Å²) in [5.74, 6) is 0.834. The summed E-state index contributed by atoms with van der Waals surface area (Å²) in [4.78, 5) is 14.9. The average molecular weight is 698 g/mol. The summed E-state index contributed by atoms with van der Waals surface area (Å²) < 4.78 is 61.9. The number of aromatic nitrogens is 3. The van der Waals surface area contributed by atoms with Crippen LogP contribution in [0.2, 0.25) is 0 Å². The molecule has 0 aliphatic rings. The van der Waals surface area contributed by atoms with Crippen molar-refractivity contribution in [3.05, 3.63) is 176 Å². The predicted octanol–water partition coefficient (Wildman–Crippen LogP) is 11.2. The van der Waals surface area contributed by atoms with Crippen LogP contribution in [0.3, 0.4) is 0 Å². The standard InChI is InChI=1S/C45H29N3Se/c1-3-11-30(12-4-1)32-21-23-34(24-22-32)36-15-9-16-37(29-36)44-46-43(35-27-25-33(26-28-35)31-13-5-2-6-14-31)47-45(48-44)40-19-10-18-39-38-17-7-8-20-41(38)49-42(39)40/h1-29H/i7D,8D,10D,17D,18D,19D,20D. The first kappa shape index (κ1) is 22.6. The fraction of sp³-hybridized carbons (Fsp3) is 0. The van der Waals surface area contributed by atoms with Gasteiger partial charge in [0.2, 0.25) is 0 Å². The molecule has 0 aliphatic carbocycles. The monoisotopic (exact) mass is 698 g/mol. The van der Waals surface area contributed by atoms with E-state index >= 15 is 0 Å². The number of hydrogen-bond donors (Lipinski definition) is 0. The molecule has 9 rings (SSSR count). The third-order valence-electron chi connectivity index (χ3n) is 8.49. The summed E-state index contributed by atoms with van der Waals surface area (Å²) in [6.45, 7) is 0. The van der Waals surface area contributed by atoms with Crippen LogP contribution >= 0.6 is 0 Å². The van der Waals surface area contributed by atoms with Crippen LogP contribution in [0.15, 0.2) is 176 Å². The van der Waals surface area contributed by atoms with Gasteiger partial charge in [-0.15, -0.1) is 0 Å². The van der Waals surface area contributed by atoms with Crippen LogP contribution in [0.25, 0.3) is 86.8 Å². The number of hydrogen-bond acceptors (Lipinski definition) is 3. The summed E-state index contributed by atoms with van der Waals surface area (Å²) in [7, 11) is 0. The Morgan fingerprint density at radius 3 is 1.55 bits per heavy atom. The second kappa shape index (κ2) is 12.6. The number of benzene rings is 7. The third kappa shape index (κ3) is 5.68. The Bertz CT molecular complexity index is 2970. The number of nitrogens with zero attached hydrogens (tertiary/aromatic N) is 3. The van der Waals surface area contributed by atoms with E-state index in [1.165, 1.54) is 0 Å². The van der Waals surface area contributed by atoms with Crippen molar-refractivity contribution in [2.45, 2.75) is 0 Å². The Kier molecular flexibility index (Phi) is 5.81. The zero-order valence-corrected chi connectivity index (χ0v) is 27.7. The van der Waals surface area contributed by atoms with Crippen molar-refractivity contribution in [2.24, 2.45) is 0 Å². The molecule has 0 atom stereocenters. The number of rotatable bonds is 6. The molecule has 3 nitrogen and oxygen atoms in total. The molecule has 0 amide bonds. The molecule has 0 aliphatic heterocycles. The predicted molar refractivity (Wildman–Crippen MR) is 204 cm³/mol. The summed E-state index contributed by atoms with van der Waals surface area (Å²) in [5.41, 5.74) is 7.93. The maximum atomic E-state index is 9.17. The molecule has 7 aromatic carbocycles. The van der Waals surface area contributed by atoms with Gasteiger partial charge >= 0.3 is 260 Å². The van der Waals surface area contributed by atoms with Crippen LogP contribution in [0.1, 0.15) is 9.60 Å². The van der Waals surface area contributed by atoms with Crippen molar-refractivity contribution in [3.8, 4) is 67.5 Å². The van der Waals surface area contributed by atoms with Crippen molar-refractivity contribution in [2.75, 3.05) is 0 Å². The van der Waals surface area contributed by atoms with Crippen LogP contribution in [0, 0.1) is 0 Å². The summed E-state index contributed by atoms with van der Waals surface area (Å²) in [5, 5.41) is 0.447. The molecule has 49 heavy (non-hydrogen) atoms. The molecule has 0 spiro atoms. The zero-order chi connectivity index (χ0) is 38.7. The van der Waals surface area contributed by atoms with Gasteiger partial charge in [0.1, 0.15) is 0 Å². The number of fused-ring (bicyclic) bond motifs is 3. The Labute approximate surface area is 300 Å². The SMILES string of the molecule is [2H]c1c([2H])c([2H])c2c([se]c3c(-c4nc(-c5ccc(-c6ccccc6)cc5)nc(-c5cccc(-c6ccc(-c7ccccc7)cc6)c5)n4)c([2H])c([2H])c([2H])c32)c1[2H]. The van der Waals surface area contributed by atoms with E-state index in [0.717, 1.165) is 33.4 Å². The Morgan fingerprint density at radius 2 is 0.878 bits per heavy atom. The molecule has 0 bridgehead atoms. The molecule has 0 unspecified atom stereocenters. The molecule has 0 fully saturated rings. The van der Waals surface area contributed by atoms with Crippen LogP contribution in [0.4, 0.5) is 0 Å². The first-order valence-electron chi connectivity index (χ1n) is 19.3. The van der Waals surface area contributed by atoms with Crippen molar-refractivity contribution in [1.29, 1.82) is 0 Å². The maximum absolute atomic E-state index is 9.17. The van der Waals surface area contributed by atoms with E-state index in [4.69, 9.17) is 23.2 Å². The quantitative estimate of drug-likeness (QED) is 0.162. The Morgan fingerprint density at radius 1 is 0.388 bits per heavy atom. The van der Waals surface area contributed by atoms with Gasteiger partial charge in [-0.05, 0) is 5.56 Å². The van der Waals surface area contributed by atoms with Gasteiger partial charge in [-0.2, -0.15) is 0 Å². The Balaban J connectivity index is 1.25. The van der Waals surface area contributed by atoms with Crippen LogP contribution in [-0.4, -0.2) is 29.5 Å². The molecule has 230 valence electrons. The molecule has 0 radical (unpaired) electrons. The van der Waals surface area contributed by atoms with E-state index in [1.807, 2.05) is 97.1 Å². The van der Waals surface area contributed by atoms with E-state index in [9.17, 15) is 1.37 Å². The summed E-state index contributed by atoms with van der Waals surface area (Å²) in [6.07, 6.45) is 0. The molecule has 0 N–H and O–H groups in total. The van der Waals surface area contributed by atoms with Crippen molar-refractivity contribution in [3.63, 3.8) is 0 Å². The van der Waals surface area contributed by atoms with Crippen molar-refractivity contribution in [1.82, 2.24) is 15.0 Å². The van der Waals surface area contributed by atoms with Gasteiger partial charge in [-0.25, -0.2) is 0 Å². The fourth-order valence-corrected chi connectivity index (χ4v) is 8.22. The Hall–Kier alpha value is -5.93. The first-order chi connectivity index (χ1) is 27.2. The first-order valence-corrected chi connectivity index (χ1v) is 17.5. The van der Waals surface area contributed by atoms with Gasteiger partial charge in [-0.3, -0.25) is 0 Å². The third-order valence-corrected chi connectivity index (χ3v) is 10.8. The van der Waals surface area contributed by atoms with E-state index < -0.39 is 20.5 Å². The van der Waals surface area contributed by atoms with E-state index in [0.29, 0.717) is 31.3 Å². The molecular formula is C45H29N3Se. The molecule has 0 saturated heterocycles. The van der Waals surface area contributed by atoms with Gasteiger partial charge in [0.05, 0.1) is 0 Å². The van der Waals surface area contributed by atoms with Crippen molar-refractivity contribution < 1.29 is 9.60 Å². The molecule has 2 heterocycles. The van der Waals surface area contributed by atoms with E-state index in [2.05, 4.69) is 36.4 Å². The van der Waals surface area contributed by atoms with Crippen LogP contribution in [-0.2, 0) is 0 Å². The summed E-state index contributed by atoms with van der Waals surface area (Å²) in [6, 6.07) is 42.3.